The molecule has 0 aliphatic carbocycles. The summed E-state index contributed by atoms with van der Waals surface area (Å²) in [6.45, 7) is 3.50. The SMILES string of the molecule is CC/C=C\C/C=C\C/C=C\C/C=C\C/C=C\CCCCCC(=O)OC(COC(=O)CCCCCCC/C=C\C/C=C\CCCCCC)COP(=O)(O)O. The van der Waals surface area contributed by atoms with Gasteiger partial charge in [-0.05, 0) is 89.9 Å². The van der Waals surface area contributed by atoms with Gasteiger partial charge in [0.1, 0.15) is 6.61 Å². The molecular formula is C44H73O8P. The summed E-state index contributed by atoms with van der Waals surface area (Å²) in [5.41, 5.74) is 0. The van der Waals surface area contributed by atoms with E-state index in [4.69, 9.17) is 19.3 Å². The topological polar surface area (TPSA) is 119 Å². The van der Waals surface area contributed by atoms with Crippen LogP contribution >= 0.6 is 7.82 Å². The Morgan fingerprint density at radius 2 is 0.906 bits per heavy atom. The van der Waals surface area contributed by atoms with Gasteiger partial charge in [0.25, 0.3) is 0 Å². The Morgan fingerprint density at radius 3 is 1.38 bits per heavy atom. The van der Waals surface area contributed by atoms with Crippen LogP contribution in [-0.4, -0.2) is 41.0 Å². The number of carbonyl (C=O) groups is 2. The maximum absolute atomic E-state index is 12.4. The van der Waals surface area contributed by atoms with E-state index in [-0.39, 0.29) is 19.4 Å². The number of allylic oxidation sites excluding steroid dienone is 14. The van der Waals surface area contributed by atoms with Crippen LogP contribution in [0.1, 0.15) is 162 Å². The van der Waals surface area contributed by atoms with Gasteiger partial charge in [-0.3, -0.25) is 14.1 Å². The van der Waals surface area contributed by atoms with Crippen molar-refractivity contribution in [3.63, 3.8) is 0 Å². The van der Waals surface area contributed by atoms with Gasteiger partial charge in [-0.1, -0.05) is 144 Å². The second-order valence-corrected chi connectivity index (χ2v) is 14.5. The van der Waals surface area contributed by atoms with Crippen LogP contribution in [0.4, 0.5) is 0 Å². The highest BCUT2D eigenvalue weighted by atomic mass is 31.2. The molecule has 1 unspecified atom stereocenters. The third kappa shape index (κ3) is 41.8. The quantitative estimate of drug-likeness (QED) is 0.0280. The second-order valence-electron chi connectivity index (χ2n) is 13.2. The van der Waals surface area contributed by atoms with Crippen molar-refractivity contribution in [1.29, 1.82) is 0 Å². The van der Waals surface area contributed by atoms with Crippen molar-refractivity contribution in [2.45, 2.75) is 168 Å². The van der Waals surface area contributed by atoms with Crippen molar-refractivity contribution in [1.82, 2.24) is 0 Å². The van der Waals surface area contributed by atoms with E-state index in [2.05, 4.69) is 103 Å². The molecule has 1 atom stereocenters. The molecule has 9 heteroatoms. The van der Waals surface area contributed by atoms with E-state index < -0.39 is 32.5 Å². The van der Waals surface area contributed by atoms with Crippen molar-refractivity contribution < 1.29 is 37.9 Å². The molecule has 2 N–H and O–H groups in total. The van der Waals surface area contributed by atoms with E-state index >= 15 is 0 Å². The lowest BCUT2D eigenvalue weighted by molar-refractivity contribution is -0.161. The molecule has 0 aliphatic rings. The fourth-order valence-corrected chi connectivity index (χ4v) is 5.49. The van der Waals surface area contributed by atoms with Crippen LogP contribution in [0.25, 0.3) is 0 Å². The Kier molecular flexibility index (Phi) is 36.9. The molecule has 0 spiro atoms. The molecule has 8 nitrogen and oxygen atoms in total. The van der Waals surface area contributed by atoms with Crippen molar-refractivity contribution >= 4 is 19.8 Å². The lowest BCUT2D eigenvalue weighted by atomic mass is 10.1. The first-order chi connectivity index (χ1) is 25.8. The number of hydrogen-bond donors (Lipinski definition) is 2. The average Bonchev–Trinajstić information content (AvgIpc) is 3.13. The average molecular weight is 761 g/mol. The fourth-order valence-electron chi connectivity index (χ4n) is 5.13. The smallest absolute Gasteiger partial charge is 0.462 e. The van der Waals surface area contributed by atoms with E-state index in [1.807, 2.05) is 0 Å². The van der Waals surface area contributed by atoms with Crippen molar-refractivity contribution in [3.05, 3.63) is 85.1 Å². The summed E-state index contributed by atoms with van der Waals surface area (Å²) < 4.78 is 26.3. The number of unbranched alkanes of at least 4 members (excludes halogenated alkanes) is 12. The first-order valence-corrected chi connectivity index (χ1v) is 21.9. The van der Waals surface area contributed by atoms with E-state index in [0.29, 0.717) is 12.8 Å². The second kappa shape index (κ2) is 38.9. The summed E-state index contributed by atoms with van der Waals surface area (Å²) in [7, 11) is -4.77. The Balaban J connectivity index is 4.06. The minimum Gasteiger partial charge on any atom is -0.462 e. The van der Waals surface area contributed by atoms with E-state index in [9.17, 15) is 14.2 Å². The fraction of sp³-hybridized carbons (Fsp3) is 0.636. The van der Waals surface area contributed by atoms with Gasteiger partial charge in [0.2, 0.25) is 0 Å². The van der Waals surface area contributed by atoms with E-state index in [1.165, 1.54) is 32.1 Å². The van der Waals surface area contributed by atoms with Crippen molar-refractivity contribution in [2.24, 2.45) is 0 Å². The van der Waals surface area contributed by atoms with Crippen molar-refractivity contribution in [3.8, 4) is 0 Å². The summed E-state index contributed by atoms with van der Waals surface area (Å²) in [6, 6.07) is 0. The number of carbonyl (C=O) groups excluding carboxylic acids is 2. The number of ether oxygens (including phenoxy) is 2. The Hall–Kier alpha value is -2.77. The van der Waals surface area contributed by atoms with Crippen LogP contribution in [0, 0.1) is 0 Å². The van der Waals surface area contributed by atoms with E-state index in [0.717, 1.165) is 89.9 Å². The molecule has 302 valence electrons. The number of phosphoric acid groups is 1. The Morgan fingerprint density at radius 1 is 0.509 bits per heavy atom. The Bertz CT molecular complexity index is 1130. The molecule has 0 saturated carbocycles. The third-order valence-electron chi connectivity index (χ3n) is 8.15. The van der Waals surface area contributed by atoms with Crippen LogP contribution in [0.5, 0.6) is 0 Å². The molecule has 0 fully saturated rings. The molecule has 0 radical (unpaired) electrons. The molecule has 0 rings (SSSR count). The molecule has 0 saturated heterocycles. The number of rotatable bonds is 36. The molecule has 0 aromatic heterocycles. The molecule has 0 heterocycles. The maximum Gasteiger partial charge on any atom is 0.469 e. The van der Waals surface area contributed by atoms with Gasteiger partial charge < -0.3 is 19.3 Å². The zero-order valence-electron chi connectivity index (χ0n) is 33.1. The first-order valence-electron chi connectivity index (χ1n) is 20.4. The lowest BCUT2D eigenvalue weighted by Crippen LogP contribution is -2.29. The van der Waals surface area contributed by atoms with Gasteiger partial charge in [-0.15, -0.1) is 0 Å². The predicted molar refractivity (Wildman–Crippen MR) is 220 cm³/mol. The van der Waals surface area contributed by atoms with Gasteiger partial charge in [0, 0.05) is 12.8 Å². The van der Waals surface area contributed by atoms with Gasteiger partial charge in [-0.2, -0.15) is 0 Å². The van der Waals surface area contributed by atoms with Gasteiger partial charge >= 0.3 is 19.8 Å². The normalized spacial score (nSPS) is 13.4. The number of hydrogen-bond acceptors (Lipinski definition) is 6. The minimum atomic E-state index is -4.77. The van der Waals surface area contributed by atoms with Gasteiger partial charge in [-0.25, -0.2) is 4.57 Å². The summed E-state index contributed by atoms with van der Waals surface area (Å²) in [5, 5.41) is 0. The standard InChI is InChI=1S/C44H73O8P/c1-3-5-7-9-11-13-15-17-19-21-22-23-25-27-29-31-33-35-37-39-44(46)52-42(41-51-53(47,48)49)40-50-43(45)38-36-34-32-30-28-26-24-20-18-16-14-12-10-8-6-4-2/h5,7,11,13-14,16-17,19-20,22-24,27,29,42H,3-4,6,8-10,12,15,18,21,25-26,28,30-41H2,1-2H3,(H2,47,48,49)/b7-5-,13-11-,16-14-,19-17-,23-22-,24-20-,29-27-. The molecule has 0 amide bonds. The van der Waals surface area contributed by atoms with E-state index in [1.54, 1.807) is 0 Å². The van der Waals surface area contributed by atoms with Crippen LogP contribution in [-0.2, 0) is 28.2 Å². The first kappa shape index (κ1) is 50.2. The molecule has 0 aliphatic heterocycles. The number of esters is 2. The van der Waals surface area contributed by atoms with Crippen molar-refractivity contribution in [2.75, 3.05) is 13.2 Å². The van der Waals surface area contributed by atoms with Crippen LogP contribution in [0.2, 0.25) is 0 Å². The molecule has 0 aromatic carbocycles. The highest BCUT2D eigenvalue weighted by molar-refractivity contribution is 7.46. The minimum absolute atomic E-state index is 0.165. The number of phosphoric ester groups is 1. The van der Waals surface area contributed by atoms with Gasteiger partial charge in [0.05, 0.1) is 6.61 Å². The largest absolute Gasteiger partial charge is 0.469 e. The van der Waals surface area contributed by atoms with Crippen LogP contribution < -0.4 is 0 Å². The summed E-state index contributed by atoms with van der Waals surface area (Å²) in [4.78, 5) is 42.8. The predicted octanol–water partition coefficient (Wildman–Crippen LogP) is 12.5. The van der Waals surface area contributed by atoms with Gasteiger partial charge in [0.15, 0.2) is 6.10 Å². The molecular weight excluding hydrogens is 687 g/mol. The monoisotopic (exact) mass is 761 g/mol. The molecule has 0 bridgehead atoms. The summed E-state index contributed by atoms with van der Waals surface area (Å²) in [6.07, 6.45) is 51.5. The van der Waals surface area contributed by atoms with Crippen LogP contribution in [0.3, 0.4) is 0 Å². The molecule has 0 aromatic rings. The lowest BCUT2D eigenvalue weighted by Gasteiger charge is -2.18. The maximum atomic E-state index is 12.4. The highest BCUT2D eigenvalue weighted by Crippen LogP contribution is 2.36. The summed E-state index contributed by atoms with van der Waals surface area (Å²) >= 11 is 0. The third-order valence-corrected chi connectivity index (χ3v) is 8.63. The molecule has 53 heavy (non-hydrogen) atoms. The van der Waals surface area contributed by atoms with Crippen LogP contribution in [0.15, 0.2) is 85.1 Å². The zero-order valence-corrected chi connectivity index (χ0v) is 34.0. The zero-order chi connectivity index (χ0) is 38.9. The summed E-state index contributed by atoms with van der Waals surface area (Å²) in [5.74, 6) is -0.946. The highest BCUT2D eigenvalue weighted by Gasteiger charge is 2.22. The Labute approximate surface area is 322 Å².